The van der Waals surface area contributed by atoms with Crippen molar-refractivity contribution in [2.45, 2.75) is 148 Å². The molecule has 0 aromatic rings. The Kier molecular flexibility index (Phi) is 20.9. The fourth-order valence-electron chi connectivity index (χ4n) is 3.71. The van der Waals surface area contributed by atoms with E-state index < -0.39 is 5.97 Å². The summed E-state index contributed by atoms with van der Waals surface area (Å²) in [5, 5.41) is 8.70. The molecule has 0 aliphatic heterocycles. The highest BCUT2D eigenvalue weighted by Crippen LogP contribution is 2.18. The third kappa shape index (κ3) is 21.5. The maximum absolute atomic E-state index is 12.2. The summed E-state index contributed by atoms with van der Waals surface area (Å²) in [6.07, 6.45) is 21.1. The molecule has 0 aliphatic carbocycles. The molecule has 0 radical (unpaired) electrons. The van der Waals surface area contributed by atoms with Gasteiger partial charge < -0.3 is 9.84 Å². The van der Waals surface area contributed by atoms with E-state index >= 15 is 0 Å². The van der Waals surface area contributed by atoms with E-state index in [9.17, 15) is 9.59 Å². The average Bonchev–Trinajstić information content (AvgIpc) is 2.69. The van der Waals surface area contributed by atoms with E-state index in [-0.39, 0.29) is 18.5 Å². The predicted molar refractivity (Wildman–Crippen MR) is 121 cm³/mol. The quantitative estimate of drug-likeness (QED) is 0.145. The van der Waals surface area contributed by atoms with Crippen molar-refractivity contribution >= 4 is 11.9 Å². The minimum absolute atomic E-state index is 0.0250. The summed E-state index contributed by atoms with van der Waals surface area (Å²) in [6.45, 7) is 4.45. The zero-order valence-corrected chi connectivity index (χ0v) is 19.4. The molecule has 1 unspecified atom stereocenters. The minimum Gasteiger partial charge on any atom is -0.481 e. The standard InChI is InChI=1S/C25H48O4/c1-3-5-7-9-10-12-18-22-25(28)29-23(19-15-11-8-6-4-2)20-16-13-14-17-21-24(26)27/h23H,3-22H2,1-2H3,(H,26,27). The number of hydrogen-bond donors (Lipinski definition) is 1. The van der Waals surface area contributed by atoms with Crippen LogP contribution >= 0.6 is 0 Å². The van der Waals surface area contributed by atoms with Gasteiger partial charge in [0.1, 0.15) is 6.10 Å². The SMILES string of the molecule is CCCCCCCCCC(=O)OC(CCCCCCC)CCCCCCC(=O)O. The summed E-state index contributed by atoms with van der Waals surface area (Å²) in [5.74, 6) is -0.739. The first-order valence-corrected chi connectivity index (χ1v) is 12.5. The summed E-state index contributed by atoms with van der Waals surface area (Å²) in [7, 11) is 0. The van der Waals surface area contributed by atoms with Crippen LogP contribution in [0.25, 0.3) is 0 Å². The van der Waals surface area contributed by atoms with Crippen LogP contribution in [-0.2, 0) is 14.3 Å². The highest BCUT2D eigenvalue weighted by Gasteiger charge is 2.14. The van der Waals surface area contributed by atoms with Crippen molar-refractivity contribution in [1.29, 1.82) is 0 Å². The number of carbonyl (C=O) groups excluding carboxylic acids is 1. The van der Waals surface area contributed by atoms with Crippen molar-refractivity contribution in [1.82, 2.24) is 0 Å². The Morgan fingerprint density at radius 1 is 0.621 bits per heavy atom. The van der Waals surface area contributed by atoms with Crippen LogP contribution in [0.15, 0.2) is 0 Å². The van der Waals surface area contributed by atoms with Gasteiger partial charge in [-0.05, 0) is 38.5 Å². The van der Waals surface area contributed by atoms with Crippen LogP contribution in [0.1, 0.15) is 142 Å². The van der Waals surface area contributed by atoms with E-state index in [1.54, 1.807) is 0 Å². The molecule has 0 saturated carbocycles. The van der Waals surface area contributed by atoms with Crippen LogP contribution in [0.5, 0.6) is 0 Å². The predicted octanol–water partition coefficient (Wildman–Crippen LogP) is 7.82. The lowest BCUT2D eigenvalue weighted by atomic mass is 10.0. The van der Waals surface area contributed by atoms with E-state index in [0.29, 0.717) is 6.42 Å². The highest BCUT2D eigenvalue weighted by molar-refractivity contribution is 5.69. The second-order valence-corrected chi connectivity index (χ2v) is 8.53. The number of hydrogen-bond acceptors (Lipinski definition) is 3. The molecule has 4 nitrogen and oxygen atoms in total. The van der Waals surface area contributed by atoms with E-state index in [2.05, 4.69) is 13.8 Å². The Morgan fingerprint density at radius 2 is 1.03 bits per heavy atom. The van der Waals surface area contributed by atoms with Gasteiger partial charge >= 0.3 is 11.9 Å². The van der Waals surface area contributed by atoms with Crippen molar-refractivity contribution in [2.75, 3.05) is 0 Å². The first kappa shape index (κ1) is 27.9. The van der Waals surface area contributed by atoms with Gasteiger partial charge in [0, 0.05) is 12.8 Å². The third-order valence-corrected chi connectivity index (χ3v) is 5.58. The van der Waals surface area contributed by atoms with Gasteiger partial charge in [-0.25, -0.2) is 0 Å². The first-order chi connectivity index (χ1) is 14.1. The van der Waals surface area contributed by atoms with E-state index in [1.807, 2.05) is 0 Å². The molecule has 0 aromatic heterocycles. The average molecular weight is 413 g/mol. The first-order valence-electron chi connectivity index (χ1n) is 12.5. The lowest BCUT2D eigenvalue weighted by Crippen LogP contribution is -2.18. The number of esters is 1. The van der Waals surface area contributed by atoms with Gasteiger partial charge in [0.15, 0.2) is 0 Å². The van der Waals surface area contributed by atoms with Gasteiger partial charge in [-0.1, -0.05) is 90.9 Å². The Morgan fingerprint density at radius 3 is 1.52 bits per heavy atom. The van der Waals surface area contributed by atoms with Crippen LogP contribution in [0, 0.1) is 0 Å². The fraction of sp³-hybridized carbons (Fsp3) is 0.920. The number of carboxylic acid groups (broad SMARTS) is 1. The Balaban J connectivity index is 4.00. The number of rotatable bonds is 22. The van der Waals surface area contributed by atoms with Crippen molar-refractivity contribution in [3.05, 3.63) is 0 Å². The normalized spacial score (nSPS) is 12.1. The molecule has 172 valence electrons. The van der Waals surface area contributed by atoms with E-state index in [1.165, 1.54) is 57.8 Å². The summed E-state index contributed by atoms with van der Waals surface area (Å²) in [4.78, 5) is 22.8. The molecular weight excluding hydrogens is 364 g/mol. The topological polar surface area (TPSA) is 63.6 Å². The number of carbonyl (C=O) groups is 2. The van der Waals surface area contributed by atoms with Gasteiger partial charge in [-0.2, -0.15) is 0 Å². The summed E-state index contributed by atoms with van der Waals surface area (Å²) in [6, 6.07) is 0. The zero-order valence-electron chi connectivity index (χ0n) is 19.4. The van der Waals surface area contributed by atoms with Gasteiger partial charge in [0.05, 0.1) is 0 Å². The largest absolute Gasteiger partial charge is 0.481 e. The Hall–Kier alpha value is -1.06. The fourth-order valence-corrected chi connectivity index (χ4v) is 3.71. The molecule has 0 aromatic carbocycles. The maximum atomic E-state index is 12.2. The maximum Gasteiger partial charge on any atom is 0.306 e. The van der Waals surface area contributed by atoms with Crippen molar-refractivity contribution in [2.24, 2.45) is 0 Å². The molecule has 4 heteroatoms. The molecule has 1 N–H and O–H groups in total. The Bertz CT molecular complexity index is 381. The van der Waals surface area contributed by atoms with E-state index in [4.69, 9.17) is 9.84 Å². The van der Waals surface area contributed by atoms with Crippen molar-refractivity contribution < 1.29 is 19.4 Å². The summed E-state index contributed by atoms with van der Waals surface area (Å²) < 4.78 is 5.81. The van der Waals surface area contributed by atoms with Crippen LogP contribution in [0.2, 0.25) is 0 Å². The minimum atomic E-state index is -0.714. The van der Waals surface area contributed by atoms with Crippen LogP contribution in [0.4, 0.5) is 0 Å². The summed E-state index contributed by atoms with van der Waals surface area (Å²) >= 11 is 0. The molecule has 0 saturated heterocycles. The molecule has 29 heavy (non-hydrogen) atoms. The zero-order chi connectivity index (χ0) is 21.6. The molecular formula is C25H48O4. The number of unbranched alkanes of at least 4 members (excludes halogenated alkanes) is 13. The number of carboxylic acids is 1. The molecule has 0 heterocycles. The van der Waals surface area contributed by atoms with Crippen LogP contribution in [-0.4, -0.2) is 23.1 Å². The third-order valence-electron chi connectivity index (χ3n) is 5.58. The lowest BCUT2D eigenvalue weighted by Gasteiger charge is -2.18. The molecule has 0 spiro atoms. The van der Waals surface area contributed by atoms with E-state index in [0.717, 1.165) is 57.8 Å². The number of ether oxygens (including phenoxy) is 1. The smallest absolute Gasteiger partial charge is 0.306 e. The summed E-state index contributed by atoms with van der Waals surface area (Å²) in [5.41, 5.74) is 0. The molecule has 0 amide bonds. The molecule has 1 atom stereocenters. The Labute approximate surface area is 180 Å². The van der Waals surface area contributed by atoms with Crippen LogP contribution in [0.3, 0.4) is 0 Å². The second kappa shape index (κ2) is 21.6. The van der Waals surface area contributed by atoms with Gasteiger partial charge in [-0.15, -0.1) is 0 Å². The highest BCUT2D eigenvalue weighted by atomic mass is 16.5. The monoisotopic (exact) mass is 412 g/mol. The van der Waals surface area contributed by atoms with Crippen LogP contribution < -0.4 is 0 Å². The second-order valence-electron chi connectivity index (χ2n) is 8.53. The molecule has 0 fully saturated rings. The van der Waals surface area contributed by atoms with Gasteiger partial charge in [0.2, 0.25) is 0 Å². The van der Waals surface area contributed by atoms with Gasteiger partial charge in [-0.3, -0.25) is 9.59 Å². The molecule has 0 bridgehead atoms. The number of aliphatic carboxylic acids is 1. The van der Waals surface area contributed by atoms with Crippen molar-refractivity contribution in [3.8, 4) is 0 Å². The molecule has 0 rings (SSSR count). The van der Waals surface area contributed by atoms with Crippen molar-refractivity contribution in [3.63, 3.8) is 0 Å². The lowest BCUT2D eigenvalue weighted by molar-refractivity contribution is -0.150. The molecule has 0 aliphatic rings. The van der Waals surface area contributed by atoms with Gasteiger partial charge in [0.25, 0.3) is 0 Å².